The zero-order valence-corrected chi connectivity index (χ0v) is 13.9. The molecule has 2 heteroatoms. The normalized spacial score (nSPS) is 25.7. The molecule has 124 valence electrons. The highest BCUT2D eigenvalue weighted by Crippen LogP contribution is 2.41. The first-order chi connectivity index (χ1) is 10.8. The van der Waals surface area contributed by atoms with E-state index in [1.165, 1.54) is 25.7 Å². The van der Waals surface area contributed by atoms with Crippen LogP contribution in [0.3, 0.4) is 0 Å². The summed E-state index contributed by atoms with van der Waals surface area (Å²) in [6, 6.07) is 0. The van der Waals surface area contributed by atoms with Gasteiger partial charge in [0.25, 0.3) is 0 Å². The van der Waals surface area contributed by atoms with Crippen LogP contribution < -0.4 is 0 Å². The minimum Gasteiger partial charge on any atom is -0.502 e. The molecule has 4 atom stereocenters. The quantitative estimate of drug-likeness (QED) is 0.350. The Labute approximate surface area is 136 Å². The first-order valence-electron chi connectivity index (χ1n) is 8.43. The van der Waals surface area contributed by atoms with Crippen molar-refractivity contribution in [2.45, 2.75) is 38.5 Å². The molecule has 1 aliphatic carbocycles. The van der Waals surface area contributed by atoms with Gasteiger partial charge in [-0.15, -0.1) is 13.2 Å². The van der Waals surface area contributed by atoms with Crippen LogP contribution in [-0.4, -0.2) is 13.2 Å². The number of allylic oxidation sites excluding steroid dienone is 2. The largest absolute Gasteiger partial charge is 0.502 e. The Hall–Kier alpha value is -1.44. The average molecular weight is 304 g/mol. The van der Waals surface area contributed by atoms with Crippen molar-refractivity contribution in [1.29, 1.82) is 0 Å². The van der Waals surface area contributed by atoms with Crippen LogP contribution in [-0.2, 0) is 9.47 Å². The van der Waals surface area contributed by atoms with Crippen LogP contribution >= 0.6 is 0 Å². The van der Waals surface area contributed by atoms with Crippen molar-refractivity contribution in [3.05, 3.63) is 51.0 Å². The Morgan fingerprint density at radius 2 is 1.68 bits per heavy atom. The van der Waals surface area contributed by atoms with Crippen molar-refractivity contribution in [2.75, 3.05) is 13.2 Å². The van der Waals surface area contributed by atoms with Gasteiger partial charge in [-0.25, -0.2) is 0 Å². The fourth-order valence-electron chi connectivity index (χ4n) is 3.74. The summed E-state index contributed by atoms with van der Waals surface area (Å²) in [5.74, 6) is 2.54. The minimum atomic E-state index is 0.604. The highest BCUT2D eigenvalue weighted by atomic mass is 16.5. The molecule has 0 heterocycles. The van der Waals surface area contributed by atoms with E-state index in [-0.39, 0.29) is 0 Å². The van der Waals surface area contributed by atoms with Gasteiger partial charge in [0.15, 0.2) is 0 Å². The number of ether oxygens (including phenoxy) is 2. The fourth-order valence-corrected chi connectivity index (χ4v) is 3.74. The Bertz CT molecular complexity index is 348. The highest BCUT2D eigenvalue weighted by Gasteiger charge is 2.35. The van der Waals surface area contributed by atoms with E-state index in [1.54, 1.807) is 12.5 Å². The number of hydrogen-bond donors (Lipinski definition) is 0. The van der Waals surface area contributed by atoms with Crippen LogP contribution in [0, 0.1) is 23.7 Å². The van der Waals surface area contributed by atoms with Gasteiger partial charge in [-0.1, -0.05) is 25.3 Å². The van der Waals surface area contributed by atoms with Crippen molar-refractivity contribution < 1.29 is 9.47 Å². The van der Waals surface area contributed by atoms with Crippen molar-refractivity contribution in [1.82, 2.24) is 0 Å². The molecule has 0 amide bonds. The van der Waals surface area contributed by atoms with E-state index in [4.69, 9.17) is 9.47 Å². The second kappa shape index (κ2) is 11.2. The van der Waals surface area contributed by atoms with Crippen LogP contribution in [0.5, 0.6) is 0 Å². The molecule has 2 nitrogen and oxygen atoms in total. The number of hydrogen-bond acceptors (Lipinski definition) is 2. The monoisotopic (exact) mass is 304 g/mol. The van der Waals surface area contributed by atoms with Gasteiger partial charge >= 0.3 is 0 Å². The first kappa shape index (κ1) is 18.6. The summed E-state index contributed by atoms with van der Waals surface area (Å²) in [4.78, 5) is 0. The van der Waals surface area contributed by atoms with Gasteiger partial charge in [0.05, 0.1) is 25.7 Å². The second-order valence-corrected chi connectivity index (χ2v) is 6.25. The molecule has 0 bridgehead atoms. The van der Waals surface area contributed by atoms with E-state index in [0.29, 0.717) is 23.7 Å². The lowest BCUT2D eigenvalue weighted by atomic mass is 9.67. The van der Waals surface area contributed by atoms with Gasteiger partial charge in [0.1, 0.15) is 0 Å². The maximum atomic E-state index is 5.52. The molecule has 4 unspecified atom stereocenters. The summed E-state index contributed by atoms with van der Waals surface area (Å²) in [6.07, 6.45) is 14.1. The molecule has 0 aliphatic heterocycles. The van der Waals surface area contributed by atoms with E-state index in [0.717, 1.165) is 26.1 Å². The van der Waals surface area contributed by atoms with Crippen molar-refractivity contribution >= 4 is 0 Å². The van der Waals surface area contributed by atoms with Crippen molar-refractivity contribution in [3.8, 4) is 0 Å². The van der Waals surface area contributed by atoms with E-state index in [2.05, 4.69) is 32.4 Å². The predicted octanol–water partition coefficient (Wildman–Crippen LogP) is 5.50. The molecular formula is C20H32O2. The molecule has 1 aliphatic rings. The number of rotatable bonds is 12. The molecule has 0 aromatic carbocycles. The molecule has 22 heavy (non-hydrogen) atoms. The van der Waals surface area contributed by atoms with Crippen LogP contribution in [0.2, 0.25) is 0 Å². The fraction of sp³-hybridized carbons (Fsp3) is 0.600. The third-order valence-electron chi connectivity index (χ3n) is 4.85. The molecular weight excluding hydrogens is 272 g/mol. The SMILES string of the molecule is C=CCCC(CC=C)C1CC(COC=C)CCC1COC=C. The summed E-state index contributed by atoms with van der Waals surface area (Å²) in [7, 11) is 0. The van der Waals surface area contributed by atoms with E-state index in [1.807, 2.05) is 6.08 Å². The summed E-state index contributed by atoms with van der Waals surface area (Å²) < 4.78 is 11.0. The minimum absolute atomic E-state index is 0.604. The molecule has 1 rings (SSSR count). The van der Waals surface area contributed by atoms with Gasteiger partial charge in [-0.05, 0) is 62.2 Å². The molecule has 0 aromatic rings. The Kier molecular flexibility index (Phi) is 9.45. The van der Waals surface area contributed by atoms with Gasteiger partial charge in [0, 0.05) is 0 Å². The lowest BCUT2D eigenvalue weighted by Gasteiger charge is -2.40. The molecule has 1 fully saturated rings. The summed E-state index contributed by atoms with van der Waals surface area (Å²) in [6.45, 7) is 16.7. The predicted molar refractivity (Wildman–Crippen MR) is 94.4 cm³/mol. The van der Waals surface area contributed by atoms with Crippen molar-refractivity contribution in [2.24, 2.45) is 23.7 Å². The molecule has 0 N–H and O–H groups in total. The zero-order valence-electron chi connectivity index (χ0n) is 13.9. The molecule has 1 saturated carbocycles. The van der Waals surface area contributed by atoms with Gasteiger partial charge < -0.3 is 9.47 Å². The lowest BCUT2D eigenvalue weighted by molar-refractivity contribution is 0.0401. The molecule has 0 spiro atoms. The summed E-state index contributed by atoms with van der Waals surface area (Å²) in [5.41, 5.74) is 0. The maximum absolute atomic E-state index is 5.52. The first-order valence-corrected chi connectivity index (χ1v) is 8.43. The van der Waals surface area contributed by atoms with Crippen molar-refractivity contribution in [3.63, 3.8) is 0 Å². The Balaban J connectivity index is 2.74. The summed E-state index contributed by atoms with van der Waals surface area (Å²) in [5, 5.41) is 0. The standard InChI is InChI=1S/C20H32O2/c1-5-9-11-18(10-6-2)20-14-17(15-21-7-3)12-13-19(20)16-22-8-4/h5-8,17-20H,1-4,9-16H2. The van der Waals surface area contributed by atoms with Crippen LogP contribution in [0.15, 0.2) is 51.0 Å². The van der Waals surface area contributed by atoms with Crippen LogP contribution in [0.4, 0.5) is 0 Å². The smallest absolute Gasteiger partial charge is 0.0903 e. The Morgan fingerprint density at radius 1 is 0.955 bits per heavy atom. The zero-order chi connectivity index (χ0) is 16.2. The topological polar surface area (TPSA) is 18.5 Å². The third kappa shape index (κ3) is 6.13. The van der Waals surface area contributed by atoms with Crippen LogP contribution in [0.1, 0.15) is 38.5 Å². The highest BCUT2D eigenvalue weighted by molar-refractivity contribution is 4.89. The van der Waals surface area contributed by atoms with E-state index in [9.17, 15) is 0 Å². The second-order valence-electron chi connectivity index (χ2n) is 6.25. The molecule has 0 saturated heterocycles. The Morgan fingerprint density at radius 3 is 2.32 bits per heavy atom. The summed E-state index contributed by atoms with van der Waals surface area (Å²) >= 11 is 0. The van der Waals surface area contributed by atoms with Gasteiger partial charge in [-0.2, -0.15) is 0 Å². The van der Waals surface area contributed by atoms with E-state index >= 15 is 0 Å². The molecule has 0 aromatic heterocycles. The van der Waals surface area contributed by atoms with Gasteiger partial charge in [0.2, 0.25) is 0 Å². The molecule has 0 radical (unpaired) electrons. The maximum Gasteiger partial charge on any atom is 0.0903 e. The third-order valence-corrected chi connectivity index (χ3v) is 4.85. The lowest BCUT2D eigenvalue weighted by Crippen LogP contribution is -2.34. The van der Waals surface area contributed by atoms with E-state index < -0.39 is 0 Å². The van der Waals surface area contributed by atoms with Gasteiger partial charge in [-0.3, -0.25) is 0 Å². The average Bonchev–Trinajstić information content (AvgIpc) is 2.55. The van der Waals surface area contributed by atoms with Crippen LogP contribution in [0.25, 0.3) is 0 Å².